The monoisotopic (exact) mass is 525 g/mol. The van der Waals surface area contributed by atoms with Gasteiger partial charge in [0.25, 0.3) is 0 Å². The fourth-order valence-corrected chi connectivity index (χ4v) is 3.63. The Morgan fingerprint density at radius 2 is 1.78 bits per heavy atom. The summed E-state index contributed by atoms with van der Waals surface area (Å²) in [6.45, 7) is 2.31. The largest absolute Gasteiger partial charge is 0.421 e. The lowest BCUT2D eigenvalue weighted by Crippen LogP contribution is -2.18. The van der Waals surface area contributed by atoms with Crippen LogP contribution in [0.5, 0.6) is 0 Å². The van der Waals surface area contributed by atoms with Crippen molar-refractivity contribution in [3.05, 3.63) is 65.5 Å². The van der Waals surface area contributed by atoms with Gasteiger partial charge in [0, 0.05) is 43.3 Å². The van der Waals surface area contributed by atoms with Crippen LogP contribution in [0.3, 0.4) is 0 Å². The molecule has 0 atom stereocenters. The van der Waals surface area contributed by atoms with Crippen molar-refractivity contribution in [1.29, 1.82) is 0 Å². The molecule has 0 radical (unpaired) electrons. The average molecular weight is 526 g/mol. The highest BCUT2D eigenvalue weighted by Crippen LogP contribution is 2.34. The Hall–Kier alpha value is -3.49. The van der Waals surface area contributed by atoms with Gasteiger partial charge >= 0.3 is 6.18 Å². The van der Waals surface area contributed by atoms with Crippen molar-refractivity contribution in [1.82, 2.24) is 20.3 Å². The first-order valence-corrected chi connectivity index (χ1v) is 12.6. The van der Waals surface area contributed by atoms with Gasteiger partial charge in [0.2, 0.25) is 16.0 Å². The van der Waals surface area contributed by atoms with Crippen LogP contribution in [0.1, 0.15) is 23.6 Å². The van der Waals surface area contributed by atoms with Gasteiger partial charge in [-0.2, -0.15) is 18.2 Å². The zero-order valence-corrected chi connectivity index (χ0v) is 20.1. The Labute approximate surface area is 206 Å². The van der Waals surface area contributed by atoms with Crippen molar-refractivity contribution in [2.45, 2.75) is 26.2 Å². The summed E-state index contributed by atoms with van der Waals surface area (Å²) < 4.78 is 66.9. The summed E-state index contributed by atoms with van der Waals surface area (Å²) in [6, 6.07) is 10.2. The maximum Gasteiger partial charge on any atom is 0.421 e. The molecule has 10 nitrogen and oxygen atoms in total. The standard InChI is InChI=1S/C22H26F3N7O3S/c1-2-36(34,35)32-19-16(4-3-9-27-19)13-28-20-18(22(23,24)25)14-29-21(31-20)30-17-7-5-15(6-8-17)12-26-10-11-33/h3-9,14,26,33H,2,10-13H2,1H3,(H,27,32)(H2,28,29,30,31). The molecule has 0 aliphatic heterocycles. The molecule has 0 aliphatic carbocycles. The van der Waals surface area contributed by atoms with Gasteiger partial charge < -0.3 is 21.1 Å². The molecule has 14 heteroatoms. The third kappa shape index (κ3) is 7.76. The van der Waals surface area contributed by atoms with E-state index in [1.165, 1.54) is 19.2 Å². The molecular formula is C22H26F3N7O3S. The van der Waals surface area contributed by atoms with E-state index < -0.39 is 27.6 Å². The number of pyridine rings is 1. The lowest BCUT2D eigenvalue weighted by Gasteiger charge is -2.16. The second-order valence-corrected chi connectivity index (χ2v) is 9.56. The predicted molar refractivity (Wildman–Crippen MR) is 130 cm³/mol. The molecule has 0 bridgehead atoms. The minimum atomic E-state index is -4.72. The first kappa shape index (κ1) is 27.1. The number of anilines is 4. The second-order valence-electron chi connectivity index (χ2n) is 7.55. The molecule has 0 unspecified atom stereocenters. The van der Waals surface area contributed by atoms with E-state index in [4.69, 9.17) is 5.11 Å². The molecule has 2 aromatic heterocycles. The zero-order valence-electron chi connectivity index (χ0n) is 19.3. The van der Waals surface area contributed by atoms with Crippen LogP contribution in [0.4, 0.5) is 36.4 Å². The van der Waals surface area contributed by atoms with Gasteiger partial charge in [-0.05, 0) is 30.7 Å². The van der Waals surface area contributed by atoms with Crippen molar-refractivity contribution in [3.63, 3.8) is 0 Å². The van der Waals surface area contributed by atoms with E-state index in [1.807, 2.05) is 12.1 Å². The Kier molecular flexibility index (Phi) is 9.01. The Bertz CT molecular complexity index is 1260. The van der Waals surface area contributed by atoms with E-state index in [0.29, 0.717) is 30.5 Å². The molecule has 0 saturated heterocycles. The number of hydrogen-bond donors (Lipinski definition) is 5. The van der Waals surface area contributed by atoms with Crippen molar-refractivity contribution in [3.8, 4) is 0 Å². The van der Waals surface area contributed by atoms with Gasteiger partial charge in [-0.1, -0.05) is 18.2 Å². The van der Waals surface area contributed by atoms with E-state index in [-0.39, 0.29) is 30.7 Å². The van der Waals surface area contributed by atoms with Crippen LogP contribution in [0.15, 0.2) is 48.8 Å². The van der Waals surface area contributed by atoms with Gasteiger partial charge in [0.05, 0.1) is 12.4 Å². The fraction of sp³-hybridized carbons (Fsp3) is 0.318. The van der Waals surface area contributed by atoms with Crippen LogP contribution in [-0.2, 0) is 29.3 Å². The van der Waals surface area contributed by atoms with E-state index in [0.717, 1.165) is 5.56 Å². The molecule has 2 heterocycles. The normalized spacial score (nSPS) is 11.8. The van der Waals surface area contributed by atoms with Crippen LogP contribution >= 0.6 is 0 Å². The van der Waals surface area contributed by atoms with Crippen LogP contribution in [0.25, 0.3) is 0 Å². The maximum atomic E-state index is 13.6. The maximum absolute atomic E-state index is 13.6. The van der Waals surface area contributed by atoms with Crippen LogP contribution < -0.4 is 20.7 Å². The SMILES string of the molecule is CCS(=O)(=O)Nc1ncccc1CNc1nc(Nc2ccc(CNCCO)cc2)ncc1C(F)(F)F. The number of aliphatic hydroxyl groups excluding tert-OH is 1. The first-order valence-electron chi connectivity index (χ1n) is 10.9. The highest BCUT2D eigenvalue weighted by molar-refractivity contribution is 7.92. The molecule has 36 heavy (non-hydrogen) atoms. The average Bonchev–Trinajstić information content (AvgIpc) is 2.84. The van der Waals surface area contributed by atoms with Gasteiger partial charge in [-0.25, -0.2) is 18.4 Å². The van der Waals surface area contributed by atoms with Crippen LogP contribution in [0.2, 0.25) is 0 Å². The van der Waals surface area contributed by atoms with E-state index in [1.54, 1.807) is 18.2 Å². The Morgan fingerprint density at radius 3 is 2.44 bits per heavy atom. The number of nitrogens with zero attached hydrogens (tertiary/aromatic N) is 3. The molecule has 1 aromatic carbocycles. The number of aliphatic hydroxyl groups is 1. The predicted octanol–water partition coefficient (Wildman–Crippen LogP) is 3.09. The number of alkyl halides is 3. The van der Waals surface area contributed by atoms with Crippen LogP contribution in [-0.4, -0.2) is 47.4 Å². The van der Waals surface area contributed by atoms with Crippen molar-refractivity contribution in [2.24, 2.45) is 0 Å². The smallest absolute Gasteiger partial charge is 0.395 e. The van der Waals surface area contributed by atoms with Gasteiger partial charge in [-0.3, -0.25) is 4.72 Å². The topological polar surface area (TPSA) is 141 Å². The van der Waals surface area contributed by atoms with E-state index in [9.17, 15) is 21.6 Å². The summed E-state index contributed by atoms with van der Waals surface area (Å²) in [5.74, 6) is -0.704. The third-order valence-corrected chi connectivity index (χ3v) is 6.16. The fourth-order valence-electron chi connectivity index (χ4n) is 3.00. The quantitative estimate of drug-likeness (QED) is 0.226. The lowest BCUT2D eigenvalue weighted by atomic mass is 10.2. The summed E-state index contributed by atoms with van der Waals surface area (Å²) in [5, 5.41) is 17.4. The molecule has 0 amide bonds. The number of hydrogen-bond acceptors (Lipinski definition) is 9. The summed E-state index contributed by atoms with van der Waals surface area (Å²) in [6.07, 6.45) is -2.67. The Balaban J connectivity index is 1.79. The number of rotatable bonds is 12. The highest BCUT2D eigenvalue weighted by Gasteiger charge is 2.35. The molecule has 5 N–H and O–H groups in total. The second kappa shape index (κ2) is 12.0. The molecule has 0 aliphatic rings. The molecule has 3 aromatic rings. The van der Waals surface area contributed by atoms with Crippen LogP contribution in [0, 0.1) is 0 Å². The van der Waals surface area contributed by atoms with Gasteiger partial charge in [0.15, 0.2) is 0 Å². The number of halogens is 3. The van der Waals surface area contributed by atoms with Gasteiger partial charge in [0.1, 0.15) is 17.2 Å². The molecule has 0 fully saturated rings. The Morgan fingerprint density at radius 1 is 1.03 bits per heavy atom. The summed E-state index contributed by atoms with van der Waals surface area (Å²) in [5.41, 5.74) is 0.782. The van der Waals surface area contributed by atoms with E-state index >= 15 is 0 Å². The lowest BCUT2D eigenvalue weighted by molar-refractivity contribution is -0.137. The zero-order chi connectivity index (χ0) is 26.2. The molecule has 194 valence electrons. The summed E-state index contributed by atoms with van der Waals surface area (Å²) in [7, 11) is -3.63. The van der Waals surface area contributed by atoms with E-state index in [2.05, 4.69) is 35.6 Å². The minimum absolute atomic E-state index is 0.0152. The molecule has 0 saturated carbocycles. The number of nitrogens with one attached hydrogen (secondary N) is 4. The minimum Gasteiger partial charge on any atom is -0.395 e. The number of benzene rings is 1. The van der Waals surface area contributed by atoms with Crippen molar-refractivity contribution < 1.29 is 26.7 Å². The summed E-state index contributed by atoms with van der Waals surface area (Å²) >= 11 is 0. The van der Waals surface area contributed by atoms with Crippen molar-refractivity contribution in [2.75, 3.05) is 34.3 Å². The first-order chi connectivity index (χ1) is 17.1. The van der Waals surface area contributed by atoms with Gasteiger partial charge in [-0.15, -0.1) is 0 Å². The molecule has 3 rings (SSSR count). The van der Waals surface area contributed by atoms with Crippen molar-refractivity contribution >= 4 is 33.3 Å². The summed E-state index contributed by atoms with van der Waals surface area (Å²) in [4.78, 5) is 11.8. The number of sulfonamides is 1. The number of aromatic nitrogens is 3. The third-order valence-electron chi connectivity index (χ3n) is 4.89. The highest BCUT2D eigenvalue weighted by atomic mass is 32.2. The molecular weight excluding hydrogens is 499 g/mol. The molecule has 0 spiro atoms.